The Kier molecular flexibility index (Phi) is 4.27. The van der Waals surface area contributed by atoms with Crippen LogP contribution in [-0.2, 0) is 11.2 Å². The van der Waals surface area contributed by atoms with E-state index in [-0.39, 0.29) is 23.7 Å². The van der Waals surface area contributed by atoms with Gasteiger partial charge in [-0.05, 0) is 49.1 Å². The molecule has 0 aliphatic carbocycles. The first-order chi connectivity index (χ1) is 10.6. The van der Waals surface area contributed by atoms with Crippen molar-refractivity contribution in [3.63, 3.8) is 0 Å². The number of carbonyl (C=O) groups excluding carboxylic acids is 1. The van der Waals surface area contributed by atoms with Gasteiger partial charge in [0.2, 0.25) is 5.91 Å². The maximum Gasteiger partial charge on any atom is 0.226 e. The van der Waals surface area contributed by atoms with E-state index in [4.69, 9.17) is 0 Å². The summed E-state index contributed by atoms with van der Waals surface area (Å²) in [7, 11) is 0. The lowest BCUT2D eigenvalue weighted by Gasteiger charge is -2.27. The van der Waals surface area contributed by atoms with Gasteiger partial charge in [0.1, 0.15) is 5.82 Å². The zero-order valence-electron chi connectivity index (χ0n) is 12.8. The molecule has 1 fully saturated rings. The van der Waals surface area contributed by atoms with Crippen LogP contribution in [0.25, 0.3) is 0 Å². The van der Waals surface area contributed by atoms with E-state index in [2.05, 4.69) is 4.98 Å². The first-order valence-electron chi connectivity index (χ1n) is 7.83. The average Bonchev–Trinajstić information content (AvgIpc) is 3.17. The lowest BCUT2D eigenvalue weighted by molar-refractivity contribution is -0.136. The van der Waals surface area contributed by atoms with E-state index in [0.717, 1.165) is 30.6 Å². The number of rotatable bonds is 4. The molecule has 0 unspecified atom stereocenters. The molecule has 1 saturated heterocycles. The molecule has 1 N–H and O–H groups in total. The Morgan fingerprint density at radius 3 is 3.00 bits per heavy atom. The SMILES string of the molecule is C[C@@H](Cc1cccc(F)c1)C(=O)N1CCC[C@@H]1c1ccc[nH]1. The van der Waals surface area contributed by atoms with Crippen LogP contribution >= 0.6 is 0 Å². The minimum absolute atomic E-state index is 0.141. The third-order valence-electron chi connectivity index (χ3n) is 4.37. The van der Waals surface area contributed by atoms with Gasteiger partial charge >= 0.3 is 0 Å². The highest BCUT2D eigenvalue weighted by Crippen LogP contribution is 2.32. The fourth-order valence-corrected chi connectivity index (χ4v) is 3.29. The molecule has 1 amide bonds. The normalized spacial score (nSPS) is 19.4. The zero-order valence-corrected chi connectivity index (χ0v) is 12.8. The van der Waals surface area contributed by atoms with Crippen molar-refractivity contribution in [3.05, 3.63) is 59.7 Å². The summed E-state index contributed by atoms with van der Waals surface area (Å²) in [5.74, 6) is -0.235. The first kappa shape index (κ1) is 14.8. The average molecular weight is 300 g/mol. The second kappa shape index (κ2) is 6.34. The van der Waals surface area contributed by atoms with Gasteiger partial charge in [-0.2, -0.15) is 0 Å². The molecule has 3 rings (SSSR count). The van der Waals surface area contributed by atoms with E-state index in [1.54, 1.807) is 6.07 Å². The summed E-state index contributed by atoms with van der Waals surface area (Å²) in [6, 6.07) is 10.7. The Morgan fingerprint density at radius 2 is 2.27 bits per heavy atom. The minimum atomic E-state index is -0.248. The molecule has 1 aliphatic rings. The minimum Gasteiger partial charge on any atom is -0.363 e. The number of aromatic amines is 1. The van der Waals surface area contributed by atoms with Crippen LogP contribution in [0.1, 0.15) is 37.1 Å². The standard InChI is InChI=1S/C18H21FN2O/c1-13(11-14-5-2-6-15(19)12-14)18(22)21-10-4-8-17(21)16-7-3-9-20-16/h2-3,5-7,9,12-13,17,20H,4,8,10-11H2,1H3/t13-,17+/m0/s1. The van der Waals surface area contributed by atoms with E-state index < -0.39 is 0 Å². The molecule has 1 aromatic heterocycles. The molecular weight excluding hydrogens is 279 g/mol. The summed E-state index contributed by atoms with van der Waals surface area (Å²) in [4.78, 5) is 17.9. The van der Waals surface area contributed by atoms with Crippen LogP contribution < -0.4 is 0 Å². The van der Waals surface area contributed by atoms with Crippen molar-refractivity contribution in [2.24, 2.45) is 5.92 Å². The Hall–Kier alpha value is -2.10. The van der Waals surface area contributed by atoms with Gasteiger partial charge in [-0.15, -0.1) is 0 Å². The van der Waals surface area contributed by atoms with Crippen molar-refractivity contribution in [2.75, 3.05) is 6.54 Å². The summed E-state index contributed by atoms with van der Waals surface area (Å²) in [5, 5.41) is 0. The van der Waals surface area contributed by atoms with Crippen molar-refractivity contribution < 1.29 is 9.18 Å². The summed E-state index contributed by atoms with van der Waals surface area (Å²) >= 11 is 0. The molecule has 0 bridgehead atoms. The monoisotopic (exact) mass is 300 g/mol. The molecule has 2 aromatic rings. The predicted molar refractivity (Wildman–Crippen MR) is 83.7 cm³/mol. The second-order valence-corrected chi connectivity index (χ2v) is 6.05. The Bertz CT molecular complexity index is 638. The maximum absolute atomic E-state index is 13.3. The molecule has 0 spiro atoms. The third kappa shape index (κ3) is 3.06. The molecule has 4 heteroatoms. The molecule has 0 radical (unpaired) electrons. The Balaban J connectivity index is 1.70. The van der Waals surface area contributed by atoms with Gasteiger partial charge in [-0.3, -0.25) is 4.79 Å². The van der Waals surface area contributed by atoms with E-state index in [1.807, 2.05) is 36.2 Å². The van der Waals surface area contributed by atoms with E-state index in [9.17, 15) is 9.18 Å². The number of amides is 1. The second-order valence-electron chi connectivity index (χ2n) is 6.05. The number of carbonyl (C=O) groups is 1. The highest BCUT2D eigenvalue weighted by Gasteiger charge is 2.32. The fraction of sp³-hybridized carbons (Fsp3) is 0.389. The van der Waals surface area contributed by atoms with Gasteiger partial charge in [0.05, 0.1) is 6.04 Å². The molecule has 22 heavy (non-hydrogen) atoms. The summed E-state index contributed by atoms with van der Waals surface area (Å²) < 4.78 is 13.3. The maximum atomic E-state index is 13.3. The van der Waals surface area contributed by atoms with Crippen LogP contribution in [0.4, 0.5) is 4.39 Å². The van der Waals surface area contributed by atoms with Gasteiger partial charge in [0.15, 0.2) is 0 Å². The largest absolute Gasteiger partial charge is 0.363 e. The number of likely N-dealkylation sites (tertiary alicyclic amines) is 1. The Labute approximate surface area is 130 Å². The highest BCUT2D eigenvalue weighted by molar-refractivity contribution is 5.79. The number of hydrogen-bond donors (Lipinski definition) is 1. The van der Waals surface area contributed by atoms with E-state index in [1.165, 1.54) is 12.1 Å². The van der Waals surface area contributed by atoms with Gasteiger partial charge in [0, 0.05) is 24.4 Å². The van der Waals surface area contributed by atoms with E-state index >= 15 is 0 Å². The molecule has 1 aliphatic heterocycles. The molecule has 116 valence electrons. The zero-order chi connectivity index (χ0) is 15.5. The summed E-state index contributed by atoms with van der Waals surface area (Å²) in [5.41, 5.74) is 1.97. The Morgan fingerprint density at radius 1 is 1.41 bits per heavy atom. The molecule has 2 heterocycles. The van der Waals surface area contributed by atoms with Crippen LogP contribution in [0.15, 0.2) is 42.6 Å². The van der Waals surface area contributed by atoms with Crippen LogP contribution in [0.3, 0.4) is 0 Å². The lowest BCUT2D eigenvalue weighted by atomic mass is 9.99. The predicted octanol–water partition coefficient (Wildman–Crippen LogP) is 3.70. The van der Waals surface area contributed by atoms with Crippen molar-refractivity contribution in [2.45, 2.75) is 32.2 Å². The lowest BCUT2D eigenvalue weighted by Crippen LogP contribution is -2.35. The molecule has 1 aromatic carbocycles. The van der Waals surface area contributed by atoms with Gasteiger partial charge < -0.3 is 9.88 Å². The van der Waals surface area contributed by atoms with Crippen LogP contribution in [0, 0.1) is 11.7 Å². The van der Waals surface area contributed by atoms with Crippen LogP contribution in [-0.4, -0.2) is 22.3 Å². The molecule has 2 atom stereocenters. The number of nitrogens with zero attached hydrogens (tertiary/aromatic N) is 1. The smallest absolute Gasteiger partial charge is 0.226 e. The van der Waals surface area contributed by atoms with Gasteiger partial charge in [0.25, 0.3) is 0 Å². The summed E-state index contributed by atoms with van der Waals surface area (Å²) in [6.45, 7) is 2.73. The van der Waals surface area contributed by atoms with Crippen molar-refractivity contribution in [3.8, 4) is 0 Å². The molecule has 0 saturated carbocycles. The number of H-pyrrole nitrogens is 1. The van der Waals surface area contributed by atoms with Crippen molar-refractivity contribution in [1.29, 1.82) is 0 Å². The quantitative estimate of drug-likeness (QED) is 0.918. The van der Waals surface area contributed by atoms with Crippen molar-refractivity contribution in [1.82, 2.24) is 9.88 Å². The highest BCUT2D eigenvalue weighted by atomic mass is 19.1. The van der Waals surface area contributed by atoms with Gasteiger partial charge in [-0.1, -0.05) is 19.1 Å². The number of hydrogen-bond acceptors (Lipinski definition) is 1. The number of benzene rings is 1. The van der Waals surface area contributed by atoms with Crippen LogP contribution in [0.2, 0.25) is 0 Å². The number of aromatic nitrogens is 1. The van der Waals surface area contributed by atoms with Gasteiger partial charge in [-0.25, -0.2) is 4.39 Å². The molecule has 3 nitrogen and oxygen atoms in total. The summed E-state index contributed by atoms with van der Waals surface area (Å²) in [6.07, 6.45) is 4.50. The molecular formula is C18H21FN2O. The topological polar surface area (TPSA) is 36.1 Å². The fourth-order valence-electron chi connectivity index (χ4n) is 3.29. The van der Waals surface area contributed by atoms with Crippen molar-refractivity contribution >= 4 is 5.91 Å². The van der Waals surface area contributed by atoms with E-state index in [0.29, 0.717) is 6.42 Å². The number of nitrogens with one attached hydrogen (secondary N) is 1. The van der Waals surface area contributed by atoms with Crippen LogP contribution in [0.5, 0.6) is 0 Å². The third-order valence-corrected chi connectivity index (χ3v) is 4.37. The number of halogens is 1. The first-order valence-corrected chi connectivity index (χ1v) is 7.83.